The van der Waals surface area contributed by atoms with Crippen LogP contribution in [-0.2, 0) is 5.41 Å². The Hall–Kier alpha value is -3.57. The smallest absolute Gasteiger partial charge is 0.312 e. The summed E-state index contributed by atoms with van der Waals surface area (Å²) in [5, 5.41) is 13.2. The van der Waals surface area contributed by atoms with Crippen LogP contribution in [0.15, 0.2) is 66.7 Å². The van der Waals surface area contributed by atoms with Crippen molar-refractivity contribution in [1.29, 1.82) is 0 Å². The van der Waals surface area contributed by atoms with Crippen LogP contribution < -0.4 is 9.64 Å². The molecule has 3 aromatic rings. The second kappa shape index (κ2) is 18.1. The van der Waals surface area contributed by atoms with Gasteiger partial charge in [-0.05, 0) is 73.4 Å². The molecule has 3 aromatic carbocycles. The fourth-order valence-electron chi connectivity index (χ4n) is 7.82. The normalized spacial score (nSPS) is 17.3. The monoisotopic (exact) mass is 696 g/mol. The predicted molar refractivity (Wildman–Crippen MR) is 212 cm³/mol. The van der Waals surface area contributed by atoms with Crippen molar-refractivity contribution < 1.29 is 9.66 Å². The zero-order valence-electron chi connectivity index (χ0n) is 30.6. The predicted octanol–water partition coefficient (Wildman–Crippen LogP) is 13.6. The summed E-state index contributed by atoms with van der Waals surface area (Å²) in [6.07, 6.45) is 29.4. The highest BCUT2D eigenvalue weighted by molar-refractivity contribution is 6.30. The molecule has 5 rings (SSSR count). The summed E-state index contributed by atoms with van der Waals surface area (Å²) in [5.74, 6) is 0.332. The molecule has 1 spiro atoms. The van der Waals surface area contributed by atoms with E-state index in [0.29, 0.717) is 10.8 Å². The van der Waals surface area contributed by atoms with Crippen molar-refractivity contribution in [3.63, 3.8) is 0 Å². The number of nitrogens with zero attached hydrogens (tertiary/aromatic N) is 2. The highest BCUT2D eigenvalue weighted by Crippen LogP contribution is 2.56. The number of unbranched alkanes of at least 4 members (excludes halogenated alkanes) is 15. The minimum Gasteiger partial charge on any atom is -0.456 e. The zero-order valence-corrected chi connectivity index (χ0v) is 31.4. The van der Waals surface area contributed by atoms with Gasteiger partial charge < -0.3 is 9.64 Å². The van der Waals surface area contributed by atoms with E-state index < -0.39 is 11.1 Å². The minimum atomic E-state index is -0.870. The molecule has 0 fully saturated rings. The first-order valence-electron chi connectivity index (χ1n) is 19.3. The number of ether oxygens (including phenoxy) is 1. The van der Waals surface area contributed by atoms with E-state index >= 15 is 0 Å². The molecule has 0 N–H and O–H groups in total. The molecule has 2 aliphatic rings. The molecule has 2 heterocycles. The fourth-order valence-corrected chi connectivity index (χ4v) is 7.94. The van der Waals surface area contributed by atoms with E-state index in [-0.39, 0.29) is 10.6 Å². The molecule has 1 unspecified atom stereocenters. The standard InChI is InChI=1S/C44H57ClN2O3/c1-4-5-6-7-8-9-10-11-12-13-14-15-16-17-18-21-32-46-40-23-20-19-22-39(40)43(2,3)44(46)31-30-37-33-36(34-41(47(48)49)42(37)50-44)25-24-35-26-28-38(45)29-27-35/h19-20,22-31,33-34H,4-18,21,32H2,1-3H3/b25-24+. The summed E-state index contributed by atoms with van der Waals surface area (Å²) in [6.45, 7) is 7.51. The first-order chi connectivity index (χ1) is 24.3. The number of anilines is 1. The second-order valence-corrected chi connectivity index (χ2v) is 15.3. The molecule has 0 bridgehead atoms. The van der Waals surface area contributed by atoms with E-state index in [4.69, 9.17) is 16.3 Å². The summed E-state index contributed by atoms with van der Waals surface area (Å²) in [7, 11) is 0. The summed E-state index contributed by atoms with van der Waals surface area (Å²) in [4.78, 5) is 14.5. The van der Waals surface area contributed by atoms with Crippen LogP contribution in [-0.4, -0.2) is 17.2 Å². The van der Waals surface area contributed by atoms with E-state index in [1.807, 2.05) is 48.6 Å². The molecule has 0 aromatic heterocycles. The third-order valence-electron chi connectivity index (χ3n) is 10.8. The topological polar surface area (TPSA) is 55.6 Å². The fraction of sp³-hybridized carbons (Fsp3) is 0.500. The number of para-hydroxylation sites is 1. The third-order valence-corrected chi connectivity index (χ3v) is 11.1. The Bertz CT molecular complexity index is 1610. The number of nitro benzene ring substituents is 1. The van der Waals surface area contributed by atoms with Gasteiger partial charge in [0, 0.05) is 28.9 Å². The van der Waals surface area contributed by atoms with Gasteiger partial charge in [0.25, 0.3) is 0 Å². The van der Waals surface area contributed by atoms with Crippen LogP contribution in [0.4, 0.5) is 11.4 Å². The minimum absolute atomic E-state index is 0.0175. The molecular formula is C44H57ClN2O3. The molecule has 2 aliphatic heterocycles. The van der Waals surface area contributed by atoms with Crippen LogP contribution in [0.2, 0.25) is 5.02 Å². The number of nitro groups is 1. The van der Waals surface area contributed by atoms with Crippen LogP contribution >= 0.6 is 11.6 Å². The Morgan fingerprint density at radius 2 is 1.32 bits per heavy atom. The van der Waals surface area contributed by atoms with Crippen molar-refractivity contribution in [1.82, 2.24) is 0 Å². The van der Waals surface area contributed by atoms with Gasteiger partial charge in [-0.25, -0.2) is 0 Å². The van der Waals surface area contributed by atoms with Gasteiger partial charge in [-0.1, -0.05) is 157 Å². The Labute approximate surface area is 305 Å². The van der Waals surface area contributed by atoms with Gasteiger partial charge in [-0.3, -0.25) is 10.1 Å². The molecule has 0 aliphatic carbocycles. The third kappa shape index (κ3) is 9.01. The van der Waals surface area contributed by atoms with Crippen molar-refractivity contribution in [2.45, 2.75) is 135 Å². The van der Waals surface area contributed by atoms with Crippen molar-refractivity contribution in [3.05, 3.63) is 104 Å². The Morgan fingerprint density at radius 1 is 0.760 bits per heavy atom. The highest BCUT2D eigenvalue weighted by atomic mass is 35.5. The van der Waals surface area contributed by atoms with E-state index in [9.17, 15) is 10.1 Å². The van der Waals surface area contributed by atoms with Crippen LogP contribution in [0.25, 0.3) is 18.2 Å². The SMILES string of the molecule is CCCCCCCCCCCCCCCCCCN1c2ccccc2C(C)(C)C12C=Cc1cc(/C=C/c3ccc(Cl)cc3)cc([N+](=O)[O-])c1O2. The van der Waals surface area contributed by atoms with Crippen molar-refractivity contribution in [2.75, 3.05) is 11.4 Å². The lowest BCUT2D eigenvalue weighted by atomic mass is 9.76. The van der Waals surface area contributed by atoms with Crippen molar-refractivity contribution in [3.8, 4) is 5.75 Å². The van der Waals surface area contributed by atoms with E-state index in [1.165, 1.54) is 95.5 Å². The van der Waals surface area contributed by atoms with Crippen molar-refractivity contribution >= 4 is 41.2 Å². The number of hydrogen-bond acceptors (Lipinski definition) is 4. The van der Waals surface area contributed by atoms with Gasteiger partial charge in [-0.15, -0.1) is 0 Å². The highest BCUT2D eigenvalue weighted by Gasteiger charge is 2.59. The average molecular weight is 697 g/mol. The lowest BCUT2D eigenvalue weighted by Gasteiger charge is -2.47. The van der Waals surface area contributed by atoms with E-state index in [1.54, 1.807) is 6.07 Å². The first-order valence-corrected chi connectivity index (χ1v) is 19.7. The summed E-state index contributed by atoms with van der Waals surface area (Å²) in [5.41, 5.74) is 3.46. The molecule has 6 heteroatoms. The molecule has 0 amide bonds. The average Bonchev–Trinajstić information content (AvgIpc) is 3.29. The number of benzene rings is 3. The van der Waals surface area contributed by atoms with E-state index in [0.717, 1.165) is 41.8 Å². The maximum atomic E-state index is 12.5. The summed E-state index contributed by atoms with van der Waals surface area (Å²) in [6, 6.07) is 19.6. The molecule has 268 valence electrons. The van der Waals surface area contributed by atoms with E-state index in [2.05, 4.69) is 56.0 Å². The Balaban J connectivity index is 1.18. The number of hydrogen-bond donors (Lipinski definition) is 0. The zero-order chi connectivity index (χ0) is 35.4. The number of halogens is 1. The van der Waals surface area contributed by atoms with Crippen LogP contribution in [0, 0.1) is 10.1 Å². The van der Waals surface area contributed by atoms with Gasteiger partial charge >= 0.3 is 5.69 Å². The van der Waals surface area contributed by atoms with Crippen molar-refractivity contribution in [2.24, 2.45) is 0 Å². The lowest BCUT2D eigenvalue weighted by molar-refractivity contribution is -0.386. The van der Waals surface area contributed by atoms with Gasteiger partial charge in [-0.2, -0.15) is 0 Å². The molecule has 50 heavy (non-hydrogen) atoms. The molecule has 1 atom stereocenters. The maximum absolute atomic E-state index is 12.5. The Kier molecular flexibility index (Phi) is 13.6. The van der Waals surface area contributed by atoms with Gasteiger partial charge in [0.2, 0.25) is 11.5 Å². The van der Waals surface area contributed by atoms with Gasteiger partial charge in [0.05, 0.1) is 10.3 Å². The summed E-state index contributed by atoms with van der Waals surface area (Å²) < 4.78 is 6.95. The molecule has 0 saturated carbocycles. The molecule has 0 saturated heterocycles. The molecule has 0 radical (unpaired) electrons. The largest absolute Gasteiger partial charge is 0.456 e. The molecule has 5 nitrogen and oxygen atoms in total. The number of rotatable bonds is 20. The summed E-state index contributed by atoms with van der Waals surface area (Å²) >= 11 is 6.04. The van der Waals surface area contributed by atoms with Crippen LogP contribution in [0.1, 0.15) is 146 Å². The van der Waals surface area contributed by atoms with Crippen LogP contribution in [0.3, 0.4) is 0 Å². The lowest BCUT2D eigenvalue weighted by Crippen LogP contribution is -2.59. The van der Waals surface area contributed by atoms with Gasteiger partial charge in [0.15, 0.2) is 0 Å². The quantitative estimate of drug-likeness (QED) is 0.0510. The second-order valence-electron chi connectivity index (χ2n) is 14.8. The molecular weight excluding hydrogens is 640 g/mol. The Morgan fingerprint density at radius 3 is 1.92 bits per heavy atom. The first kappa shape index (κ1) is 37.7. The van der Waals surface area contributed by atoms with Gasteiger partial charge in [0.1, 0.15) is 0 Å². The number of fused-ring (bicyclic) bond motifs is 2. The van der Waals surface area contributed by atoms with Crippen LogP contribution in [0.5, 0.6) is 5.75 Å². The maximum Gasteiger partial charge on any atom is 0.312 e.